The van der Waals surface area contributed by atoms with Crippen LogP contribution in [0.1, 0.15) is 33.1 Å². The maximum Gasteiger partial charge on any atom is 0.508 e. The summed E-state index contributed by atoms with van der Waals surface area (Å²) >= 11 is 0. The molecular weight excluding hydrogens is 418 g/mol. The van der Waals surface area contributed by atoms with E-state index in [1.165, 1.54) is 0 Å². The third-order valence-corrected chi connectivity index (χ3v) is 4.99. The standard InChI is InChI=1S/C18H27N3O10/c1-3-4-13(22)20-14-16(24)15(23)12(31-17(14)25)8-30-18(26)29-6-5-10-9(2)19-7-11(10)21(27)28/h7,10,12,14-17,23-25H,3-6,8H2,1-2H3,(H,20,22)/t10?,12-,14-,15-,16-,17?/m1/s1. The normalized spacial score (nSPS) is 30.2. The van der Waals surface area contributed by atoms with Gasteiger partial charge in [-0.15, -0.1) is 0 Å². The number of nitrogens with one attached hydrogen (secondary N) is 1. The lowest BCUT2D eigenvalue weighted by molar-refractivity contribution is -0.431. The zero-order chi connectivity index (χ0) is 23.1. The monoisotopic (exact) mass is 445 g/mol. The second kappa shape index (κ2) is 11.1. The van der Waals surface area contributed by atoms with E-state index in [0.717, 1.165) is 6.20 Å². The molecule has 0 radical (unpaired) electrons. The number of rotatable bonds is 9. The summed E-state index contributed by atoms with van der Waals surface area (Å²) in [4.78, 5) is 37.8. The molecule has 0 bridgehead atoms. The first kappa shape index (κ1) is 24.7. The molecule has 0 saturated carbocycles. The van der Waals surface area contributed by atoms with Crippen molar-refractivity contribution in [2.45, 2.75) is 63.8 Å². The highest BCUT2D eigenvalue weighted by Gasteiger charge is 2.45. The Kier molecular flexibility index (Phi) is 8.86. The molecule has 1 amide bonds. The quantitative estimate of drug-likeness (QED) is 0.204. The number of aliphatic hydroxyl groups excluding tert-OH is 3. The van der Waals surface area contributed by atoms with Crippen LogP contribution in [0, 0.1) is 16.0 Å². The van der Waals surface area contributed by atoms with Gasteiger partial charge in [0.1, 0.15) is 37.2 Å². The van der Waals surface area contributed by atoms with Gasteiger partial charge in [0, 0.05) is 12.1 Å². The van der Waals surface area contributed by atoms with Gasteiger partial charge in [0.15, 0.2) is 6.29 Å². The molecule has 2 aliphatic rings. The maximum atomic E-state index is 11.8. The Bertz CT molecular complexity index is 740. The fraction of sp³-hybridized carbons (Fsp3) is 0.722. The van der Waals surface area contributed by atoms with Crippen LogP contribution in [-0.4, -0.2) is 81.9 Å². The second-order valence-corrected chi connectivity index (χ2v) is 7.22. The number of carbonyl (C=O) groups is 2. The summed E-state index contributed by atoms with van der Waals surface area (Å²) in [6.07, 6.45) is -5.06. The van der Waals surface area contributed by atoms with Crippen molar-refractivity contribution in [2.24, 2.45) is 10.9 Å². The number of amides is 1. The number of aliphatic imine (C=N–C) groups is 1. The lowest BCUT2D eigenvalue weighted by atomic mass is 9.97. The van der Waals surface area contributed by atoms with E-state index in [9.17, 15) is 35.0 Å². The van der Waals surface area contributed by atoms with Gasteiger partial charge in [-0.05, 0) is 19.8 Å². The Labute approximate surface area is 177 Å². The summed E-state index contributed by atoms with van der Waals surface area (Å²) < 4.78 is 14.9. The average Bonchev–Trinajstić information content (AvgIpc) is 3.08. The lowest BCUT2D eigenvalue weighted by Gasteiger charge is -2.40. The Morgan fingerprint density at radius 1 is 1.29 bits per heavy atom. The molecule has 2 heterocycles. The summed E-state index contributed by atoms with van der Waals surface area (Å²) in [5.74, 6) is -0.992. The first-order valence-electron chi connectivity index (χ1n) is 9.83. The van der Waals surface area contributed by atoms with Crippen molar-refractivity contribution in [3.8, 4) is 0 Å². The molecule has 13 heteroatoms. The zero-order valence-electron chi connectivity index (χ0n) is 17.2. The molecule has 1 saturated heterocycles. The zero-order valence-corrected chi connectivity index (χ0v) is 17.2. The van der Waals surface area contributed by atoms with Crippen LogP contribution in [0.3, 0.4) is 0 Å². The molecule has 1 fully saturated rings. The molecule has 174 valence electrons. The molecule has 0 aromatic carbocycles. The lowest BCUT2D eigenvalue weighted by Crippen LogP contribution is -2.64. The van der Waals surface area contributed by atoms with Gasteiger partial charge in [-0.2, -0.15) is 0 Å². The highest BCUT2D eigenvalue weighted by molar-refractivity contribution is 5.89. The van der Waals surface area contributed by atoms with Crippen molar-refractivity contribution in [3.63, 3.8) is 0 Å². The van der Waals surface area contributed by atoms with Gasteiger partial charge < -0.3 is 34.8 Å². The number of aliphatic hydroxyl groups is 3. The van der Waals surface area contributed by atoms with E-state index in [1.807, 2.05) is 0 Å². The molecule has 0 spiro atoms. The summed E-state index contributed by atoms with van der Waals surface area (Å²) in [5, 5.41) is 43.7. The van der Waals surface area contributed by atoms with E-state index < -0.39 is 60.2 Å². The summed E-state index contributed by atoms with van der Waals surface area (Å²) in [5.41, 5.74) is 0.447. The van der Waals surface area contributed by atoms with E-state index in [0.29, 0.717) is 12.1 Å². The summed E-state index contributed by atoms with van der Waals surface area (Å²) in [6, 6.07) is -1.24. The smallest absolute Gasteiger partial charge is 0.434 e. The largest absolute Gasteiger partial charge is 0.508 e. The molecule has 31 heavy (non-hydrogen) atoms. The summed E-state index contributed by atoms with van der Waals surface area (Å²) in [7, 11) is 0. The first-order valence-corrected chi connectivity index (χ1v) is 9.83. The Balaban J connectivity index is 1.76. The topological polar surface area (TPSA) is 190 Å². The van der Waals surface area contributed by atoms with Crippen LogP contribution in [0.15, 0.2) is 16.9 Å². The minimum Gasteiger partial charge on any atom is -0.434 e. The molecule has 6 atom stereocenters. The molecule has 0 aromatic heterocycles. The van der Waals surface area contributed by atoms with Crippen molar-refractivity contribution in [3.05, 3.63) is 22.0 Å². The van der Waals surface area contributed by atoms with Gasteiger partial charge in [0.05, 0.1) is 17.4 Å². The molecular formula is C18H27N3O10. The third-order valence-electron chi connectivity index (χ3n) is 4.99. The van der Waals surface area contributed by atoms with Crippen molar-refractivity contribution >= 4 is 17.8 Å². The Hall–Kier alpha value is -2.61. The number of hydrogen-bond donors (Lipinski definition) is 4. The van der Waals surface area contributed by atoms with Crippen molar-refractivity contribution in [1.29, 1.82) is 0 Å². The van der Waals surface area contributed by atoms with E-state index in [4.69, 9.17) is 14.2 Å². The molecule has 2 aliphatic heterocycles. The fourth-order valence-corrected chi connectivity index (χ4v) is 3.27. The van der Waals surface area contributed by atoms with Crippen LogP contribution in [0.5, 0.6) is 0 Å². The van der Waals surface area contributed by atoms with Crippen molar-refractivity contribution < 1.29 is 44.0 Å². The van der Waals surface area contributed by atoms with Gasteiger partial charge in [0.25, 0.3) is 5.70 Å². The van der Waals surface area contributed by atoms with Crippen molar-refractivity contribution in [2.75, 3.05) is 13.2 Å². The number of ether oxygens (including phenoxy) is 3. The number of allylic oxidation sites excluding steroid dienone is 1. The Morgan fingerprint density at radius 2 is 2.00 bits per heavy atom. The summed E-state index contributed by atoms with van der Waals surface area (Å²) in [6.45, 7) is 2.71. The van der Waals surface area contributed by atoms with Crippen LogP contribution in [0.4, 0.5) is 4.79 Å². The second-order valence-electron chi connectivity index (χ2n) is 7.22. The first-order chi connectivity index (χ1) is 14.6. The van der Waals surface area contributed by atoms with E-state index >= 15 is 0 Å². The molecule has 2 unspecified atom stereocenters. The highest BCUT2D eigenvalue weighted by Crippen LogP contribution is 2.24. The van der Waals surface area contributed by atoms with Crippen LogP contribution >= 0.6 is 0 Å². The Morgan fingerprint density at radius 3 is 2.65 bits per heavy atom. The molecule has 4 N–H and O–H groups in total. The van der Waals surface area contributed by atoms with Crippen LogP contribution in [0.25, 0.3) is 0 Å². The van der Waals surface area contributed by atoms with E-state index in [-0.39, 0.29) is 25.1 Å². The van der Waals surface area contributed by atoms with Gasteiger partial charge in [0.2, 0.25) is 5.91 Å². The van der Waals surface area contributed by atoms with E-state index in [1.54, 1.807) is 13.8 Å². The SMILES string of the molecule is CCCC(=O)N[C@H]1C(O)O[C@H](COC(=O)OCCC2C([N+](=O)[O-])=CN=C2C)[C@@H](O)[C@@H]1O. The maximum absolute atomic E-state index is 11.8. The predicted molar refractivity (Wildman–Crippen MR) is 103 cm³/mol. The minimum atomic E-state index is -1.62. The minimum absolute atomic E-state index is 0.0863. The van der Waals surface area contributed by atoms with Crippen LogP contribution in [0.2, 0.25) is 0 Å². The molecule has 2 rings (SSSR count). The fourth-order valence-electron chi connectivity index (χ4n) is 3.27. The molecule has 0 aliphatic carbocycles. The third kappa shape index (κ3) is 6.43. The van der Waals surface area contributed by atoms with Gasteiger partial charge >= 0.3 is 6.16 Å². The van der Waals surface area contributed by atoms with Crippen molar-refractivity contribution in [1.82, 2.24) is 5.32 Å². The van der Waals surface area contributed by atoms with Gasteiger partial charge in [-0.3, -0.25) is 19.9 Å². The van der Waals surface area contributed by atoms with Gasteiger partial charge in [-0.25, -0.2) is 4.79 Å². The number of carbonyl (C=O) groups excluding carboxylic acids is 2. The van der Waals surface area contributed by atoms with Crippen LogP contribution < -0.4 is 5.32 Å². The highest BCUT2D eigenvalue weighted by atomic mass is 16.7. The number of hydrogen-bond acceptors (Lipinski definition) is 11. The van der Waals surface area contributed by atoms with Gasteiger partial charge in [-0.1, -0.05) is 6.92 Å². The average molecular weight is 445 g/mol. The van der Waals surface area contributed by atoms with Crippen LogP contribution in [-0.2, 0) is 19.0 Å². The van der Waals surface area contributed by atoms with E-state index in [2.05, 4.69) is 10.3 Å². The molecule has 13 nitrogen and oxygen atoms in total. The number of nitro groups is 1. The number of nitrogens with zero attached hydrogens (tertiary/aromatic N) is 2. The predicted octanol–water partition coefficient (Wildman–Crippen LogP) is -0.538. The molecule has 0 aromatic rings.